The van der Waals surface area contributed by atoms with E-state index in [1.54, 1.807) is 24.3 Å². The number of fused-ring (bicyclic) bond motifs is 1. The van der Waals surface area contributed by atoms with E-state index in [1.807, 2.05) is 0 Å². The second kappa shape index (κ2) is 7.45. The largest absolute Gasteiger partial charge is 0.449 e. The first-order valence-corrected chi connectivity index (χ1v) is 11.3. The lowest BCUT2D eigenvalue weighted by Crippen LogP contribution is -2.43. The molecule has 1 atom stereocenters. The van der Waals surface area contributed by atoms with Crippen molar-refractivity contribution in [2.24, 2.45) is 5.73 Å². The number of halogens is 1. The molecule has 3 aromatic rings. The zero-order valence-corrected chi connectivity index (χ0v) is 17.3. The van der Waals surface area contributed by atoms with Gasteiger partial charge in [0.2, 0.25) is 11.7 Å². The van der Waals surface area contributed by atoms with Crippen LogP contribution in [0.5, 0.6) is 0 Å². The molecule has 1 aromatic carbocycles. The van der Waals surface area contributed by atoms with Gasteiger partial charge in [0, 0.05) is 11.9 Å². The maximum Gasteiger partial charge on any atom is 0.286 e. The van der Waals surface area contributed by atoms with E-state index >= 15 is 0 Å². The van der Waals surface area contributed by atoms with E-state index in [0.717, 1.165) is 15.6 Å². The second-order valence-corrected chi connectivity index (χ2v) is 10.3. The van der Waals surface area contributed by atoms with Crippen LogP contribution in [-0.4, -0.2) is 37.1 Å². The van der Waals surface area contributed by atoms with Gasteiger partial charge in [0.25, 0.3) is 15.9 Å². The van der Waals surface area contributed by atoms with Crippen LogP contribution in [0.25, 0.3) is 11.0 Å². The number of amides is 2. The van der Waals surface area contributed by atoms with Gasteiger partial charge < -0.3 is 15.5 Å². The Labute approximate surface area is 175 Å². The quantitative estimate of drug-likeness (QED) is 0.614. The van der Waals surface area contributed by atoms with Gasteiger partial charge in [-0.1, -0.05) is 23.7 Å². The van der Waals surface area contributed by atoms with Crippen LogP contribution in [0.2, 0.25) is 4.34 Å². The van der Waals surface area contributed by atoms with Gasteiger partial charge in [0.05, 0.1) is 4.34 Å². The Morgan fingerprint density at radius 2 is 2.00 bits per heavy atom. The smallest absolute Gasteiger partial charge is 0.286 e. The Bertz CT molecular complexity index is 1220. The van der Waals surface area contributed by atoms with Gasteiger partial charge in [-0.25, -0.2) is 8.42 Å². The Kier molecular flexibility index (Phi) is 5.11. The van der Waals surface area contributed by atoms with E-state index in [-0.39, 0.29) is 22.2 Å². The van der Waals surface area contributed by atoms with Gasteiger partial charge in [0.15, 0.2) is 0 Å². The number of primary amides is 1. The molecule has 0 spiro atoms. The minimum absolute atomic E-state index is 0.0776. The first kappa shape index (κ1) is 19.9. The lowest BCUT2D eigenvalue weighted by atomic mass is 10.2. The van der Waals surface area contributed by atoms with Crippen molar-refractivity contribution in [3.8, 4) is 0 Å². The van der Waals surface area contributed by atoms with E-state index in [0.29, 0.717) is 28.1 Å². The number of rotatable bonds is 5. The van der Waals surface area contributed by atoms with Crippen LogP contribution in [0.1, 0.15) is 23.4 Å². The second-order valence-electron chi connectivity index (χ2n) is 6.49. The summed E-state index contributed by atoms with van der Waals surface area (Å²) in [7, 11) is -3.87. The van der Waals surface area contributed by atoms with Crippen LogP contribution in [0.4, 0.5) is 5.69 Å². The minimum atomic E-state index is -3.87. The zero-order chi connectivity index (χ0) is 20.8. The van der Waals surface area contributed by atoms with Crippen LogP contribution in [0.15, 0.2) is 45.0 Å². The number of para-hydroxylation sites is 1. The molecule has 1 aliphatic heterocycles. The number of hydrogen-bond acceptors (Lipinski definition) is 6. The van der Waals surface area contributed by atoms with Crippen molar-refractivity contribution in [1.29, 1.82) is 0 Å². The third-order valence-corrected chi connectivity index (χ3v) is 8.29. The molecule has 1 unspecified atom stereocenters. The van der Waals surface area contributed by atoms with Gasteiger partial charge >= 0.3 is 0 Å². The van der Waals surface area contributed by atoms with Crippen molar-refractivity contribution in [3.63, 3.8) is 0 Å². The molecule has 1 aliphatic rings. The maximum atomic E-state index is 13.0. The number of carbonyl (C=O) groups is 2. The molecule has 152 valence electrons. The first-order valence-electron chi connectivity index (χ1n) is 8.68. The van der Waals surface area contributed by atoms with Crippen LogP contribution >= 0.6 is 22.9 Å². The molecule has 1 saturated heterocycles. The van der Waals surface area contributed by atoms with Gasteiger partial charge in [-0.05, 0) is 37.1 Å². The topological polar surface area (TPSA) is 123 Å². The molecular formula is C18H16ClN3O5S2. The highest BCUT2D eigenvalue weighted by Crippen LogP contribution is 2.34. The number of nitrogens with one attached hydrogen (secondary N) is 1. The van der Waals surface area contributed by atoms with Crippen molar-refractivity contribution in [2.45, 2.75) is 23.1 Å². The van der Waals surface area contributed by atoms with Crippen LogP contribution in [-0.2, 0) is 14.8 Å². The summed E-state index contributed by atoms with van der Waals surface area (Å²) in [6.07, 6.45) is 0.886. The standard InChI is InChI=1S/C18H16ClN3O5S2/c19-13-7-8-14(28-13)29(25,26)22-9-3-5-11(22)18(24)21-15-10-4-1-2-6-12(10)27-16(15)17(20)23/h1-2,4,6-8,11H,3,5,9H2,(H2,20,23)(H,21,24). The molecule has 2 amide bonds. The molecular weight excluding hydrogens is 438 g/mol. The summed E-state index contributed by atoms with van der Waals surface area (Å²) in [5, 5.41) is 3.16. The fourth-order valence-corrected chi connectivity index (χ4v) is 6.66. The third-order valence-electron chi connectivity index (χ3n) is 4.69. The summed E-state index contributed by atoms with van der Waals surface area (Å²) < 4.78 is 33.0. The van der Waals surface area contributed by atoms with E-state index in [2.05, 4.69) is 5.32 Å². The Morgan fingerprint density at radius 1 is 1.24 bits per heavy atom. The number of nitrogens with two attached hydrogens (primary N) is 1. The molecule has 11 heteroatoms. The van der Waals surface area contributed by atoms with Crippen molar-refractivity contribution in [2.75, 3.05) is 11.9 Å². The van der Waals surface area contributed by atoms with E-state index < -0.39 is 27.9 Å². The highest BCUT2D eigenvalue weighted by atomic mass is 35.5. The van der Waals surface area contributed by atoms with Crippen molar-refractivity contribution in [3.05, 3.63) is 46.5 Å². The average molecular weight is 454 g/mol. The predicted molar refractivity (Wildman–Crippen MR) is 110 cm³/mol. The van der Waals surface area contributed by atoms with Crippen LogP contribution in [0, 0.1) is 0 Å². The van der Waals surface area contributed by atoms with E-state index in [4.69, 9.17) is 21.8 Å². The summed E-state index contributed by atoms with van der Waals surface area (Å²) in [6, 6.07) is 8.77. The highest BCUT2D eigenvalue weighted by Gasteiger charge is 2.40. The number of anilines is 1. The molecule has 0 aliphatic carbocycles. The third kappa shape index (κ3) is 3.52. The van der Waals surface area contributed by atoms with Gasteiger partial charge in [0.1, 0.15) is 21.5 Å². The molecule has 1 fully saturated rings. The fourth-order valence-electron chi connectivity index (χ4n) is 3.39. The SMILES string of the molecule is NC(=O)c1oc2ccccc2c1NC(=O)C1CCCN1S(=O)(=O)c1ccc(Cl)s1. The van der Waals surface area contributed by atoms with Crippen LogP contribution in [0.3, 0.4) is 0 Å². The first-order chi connectivity index (χ1) is 13.8. The molecule has 8 nitrogen and oxygen atoms in total. The minimum Gasteiger partial charge on any atom is -0.449 e. The van der Waals surface area contributed by atoms with Gasteiger partial charge in [-0.3, -0.25) is 9.59 Å². The Morgan fingerprint density at radius 3 is 2.69 bits per heavy atom. The van der Waals surface area contributed by atoms with Gasteiger partial charge in [-0.2, -0.15) is 4.31 Å². The molecule has 0 bridgehead atoms. The molecule has 3 N–H and O–H groups in total. The van der Waals surface area contributed by atoms with E-state index in [1.165, 1.54) is 12.1 Å². The Balaban J connectivity index is 1.66. The van der Waals surface area contributed by atoms with Crippen molar-refractivity contribution < 1.29 is 22.4 Å². The molecule has 29 heavy (non-hydrogen) atoms. The molecule has 0 saturated carbocycles. The monoisotopic (exact) mass is 453 g/mol. The zero-order valence-electron chi connectivity index (χ0n) is 14.9. The lowest BCUT2D eigenvalue weighted by Gasteiger charge is -2.22. The number of carbonyl (C=O) groups excluding carboxylic acids is 2. The molecule has 0 radical (unpaired) electrons. The van der Waals surface area contributed by atoms with E-state index in [9.17, 15) is 18.0 Å². The summed E-state index contributed by atoms with van der Waals surface area (Å²) in [5.41, 5.74) is 5.91. The normalized spacial score (nSPS) is 17.6. The van der Waals surface area contributed by atoms with Crippen LogP contribution < -0.4 is 11.1 Å². The fraction of sp³-hybridized carbons (Fsp3) is 0.222. The number of hydrogen-bond donors (Lipinski definition) is 2. The molecule has 2 aromatic heterocycles. The maximum absolute atomic E-state index is 13.0. The summed E-state index contributed by atoms with van der Waals surface area (Å²) in [6.45, 7) is 0.213. The predicted octanol–water partition coefficient (Wildman–Crippen LogP) is 3.04. The Hall–Kier alpha value is -2.40. The highest BCUT2D eigenvalue weighted by molar-refractivity contribution is 7.91. The number of benzene rings is 1. The summed E-state index contributed by atoms with van der Waals surface area (Å²) in [5.74, 6) is -1.57. The van der Waals surface area contributed by atoms with Gasteiger partial charge in [-0.15, -0.1) is 11.3 Å². The number of thiophene rings is 1. The van der Waals surface area contributed by atoms with Crippen molar-refractivity contribution in [1.82, 2.24) is 4.31 Å². The summed E-state index contributed by atoms with van der Waals surface area (Å²) >= 11 is 6.81. The number of furan rings is 1. The average Bonchev–Trinajstić information content (AvgIpc) is 3.40. The lowest BCUT2D eigenvalue weighted by molar-refractivity contribution is -0.119. The number of nitrogens with zero attached hydrogens (tertiary/aromatic N) is 1. The van der Waals surface area contributed by atoms with Crippen molar-refractivity contribution >= 4 is 61.4 Å². The molecule has 4 rings (SSSR count). The summed E-state index contributed by atoms with van der Waals surface area (Å²) in [4.78, 5) is 24.8. The number of sulfonamides is 1. The molecule has 3 heterocycles.